The van der Waals surface area contributed by atoms with Crippen molar-refractivity contribution in [2.45, 2.75) is 13.0 Å². The quantitative estimate of drug-likeness (QED) is 0.647. The van der Waals surface area contributed by atoms with Crippen LogP contribution in [-0.2, 0) is 14.3 Å². The summed E-state index contributed by atoms with van der Waals surface area (Å²) >= 11 is 0. The van der Waals surface area contributed by atoms with E-state index in [4.69, 9.17) is 10.5 Å². The molecular weight excluding hydrogens is 210 g/mol. The fourth-order valence-electron chi connectivity index (χ4n) is 1.62. The lowest BCUT2D eigenvalue weighted by Crippen LogP contribution is -2.55. The average Bonchev–Trinajstić information content (AvgIpc) is 2.26. The van der Waals surface area contributed by atoms with Crippen LogP contribution in [0.5, 0.6) is 0 Å². The van der Waals surface area contributed by atoms with Crippen molar-refractivity contribution in [2.24, 2.45) is 5.73 Å². The predicted molar refractivity (Wildman–Crippen MR) is 58.7 cm³/mol. The lowest BCUT2D eigenvalue weighted by Gasteiger charge is -2.34. The Balaban J connectivity index is 2.45. The second kappa shape index (κ2) is 5.81. The first kappa shape index (κ1) is 12.9. The van der Waals surface area contributed by atoms with Crippen molar-refractivity contribution in [1.29, 1.82) is 0 Å². The molecule has 0 spiro atoms. The van der Waals surface area contributed by atoms with Crippen molar-refractivity contribution in [2.75, 3.05) is 39.9 Å². The normalized spacial score (nSPS) is 18.8. The van der Waals surface area contributed by atoms with Gasteiger partial charge in [0.05, 0.1) is 19.2 Å². The molecule has 92 valence electrons. The van der Waals surface area contributed by atoms with E-state index >= 15 is 0 Å². The van der Waals surface area contributed by atoms with Crippen LogP contribution in [0.4, 0.5) is 0 Å². The number of ether oxygens (including phenoxy) is 1. The van der Waals surface area contributed by atoms with Crippen molar-refractivity contribution in [3.8, 4) is 0 Å². The second-order valence-electron chi connectivity index (χ2n) is 3.92. The summed E-state index contributed by atoms with van der Waals surface area (Å²) in [7, 11) is 1.60. The molecule has 6 nitrogen and oxygen atoms in total. The Kier molecular flexibility index (Phi) is 4.70. The van der Waals surface area contributed by atoms with E-state index < -0.39 is 6.04 Å². The third kappa shape index (κ3) is 3.18. The molecule has 1 unspecified atom stereocenters. The zero-order valence-electron chi connectivity index (χ0n) is 9.81. The van der Waals surface area contributed by atoms with Gasteiger partial charge >= 0.3 is 0 Å². The molecule has 2 N–H and O–H groups in total. The van der Waals surface area contributed by atoms with E-state index in [1.165, 1.54) is 4.90 Å². The molecule has 0 saturated carbocycles. The van der Waals surface area contributed by atoms with Gasteiger partial charge < -0.3 is 20.3 Å². The van der Waals surface area contributed by atoms with Crippen LogP contribution in [0.15, 0.2) is 0 Å². The van der Waals surface area contributed by atoms with Crippen molar-refractivity contribution in [3.05, 3.63) is 0 Å². The monoisotopic (exact) mass is 229 g/mol. The highest BCUT2D eigenvalue weighted by Crippen LogP contribution is 2.04. The number of piperazine rings is 1. The Morgan fingerprint density at radius 3 is 2.75 bits per heavy atom. The minimum Gasteiger partial charge on any atom is -0.383 e. The minimum absolute atomic E-state index is 0.0442. The first-order valence-corrected chi connectivity index (χ1v) is 5.37. The van der Waals surface area contributed by atoms with Crippen LogP contribution >= 0.6 is 0 Å². The van der Waals surface area contributed by atoms with Crippen molar-refractivity contribution in [3.63, 3.8) is 0 Å². The van der Waals surface area contributed by atoms with Crippen molar-refractivity contribution in [1.82, 2.24) is 9.80 Å². The molecule has 0 aliphatic carbocycles. The molecule has 0 bridgehead atoms. The summed E-state index contributed by atoms with van der Waals surface area (Å²) < 4.78 is 4.91. The third-order valence-electron chi connectivity index (χ3n) is 2.59. The Hall–Kier alpha value is -1.14. The summed E-state index contributed by atoms with van der Waals surface area (Å²) in [6, 6.07) is -0.543. The number of methoxy groups -OCH3 is 1. The number of carbonyl (C=O) groups is 2. The molecule has 1 rings (SSSR count). The zero-order chi connectivity index (χ0) is 12.1. The first-order chi connectivity index (χ1) is 7.56. The lowest BCUT2D eigenvalue weighted by atomic mass is 10.2. The molecule has 1 aliphatic heterocycles. The maximum absolute atomic E-state index is 11.7. The molecular formula is C10H19N3O3. The molecule has 0 aromatic heterocycles. The van der Waals surface area contributed by atoms with Crippen molar-refractivity contribution >= 4 is 11.8 Å². The van der Waals surface area contributed by atoms with Gasteiger partial charge in [-0.1, -0.05) is 0 Å². The third-order valence-corrected chi connectivity index (χ3v) is 2.59. The molecule has 2 amide bonds. The van der Waals surface area contributed by atoms with E-state index in [2.05, 4.69) is 0 Å². The fraction of sp³-hybridized carbons (Fsp3) is 0.800. The maximum atomic E-state index is 11.7. The van der Waals surface area contributed by atoms with Crippen LogP contribution in [0.25, 0.3) is 0 Å². The van der Waals surface area contributed by atoms with Gasteiger partial charge in [-0.05, 0) is 6.92 Å². The maximum Gasteiger partial charge on any atom is 0.242 e. The van der Waals surface area contributed by atoms with Crippen LogP contribution in [-0.4, -0.2) is 67.6 Å². The molecule has 0 aromatic carbocycles. The predicted octanol–water partition coefficient (Wildman–Crippen LogP) is -1.35. The summed E-state index contributed by atoms with van der Waals surface area (Å²) in [6.07, 6.45) is 0. The molecule has 1 aliphatic rings. The Morgan fingerprint density at radius 2 is 2.25 bits per heavy atom. The smallest absolute Gasteiger partial charge is 0.242 e. The lowest BCUT2D eigenvalue weighted by molar-refractivity contribution is -0.146. The zero-order valence-corrected chi connectivity index (χ0v) is 9.81. The highest BCUT2D eigenvalue weighted by molar-refractivity contribution is 5.88. The van der Waals surface area contributed by atoms with Crippen LogP contribution in [0.1, 0.15) is 6.92 Å². The van der Waals surface area contributed by atoms with Gasteiger partial charge in [0.1, 0.15) is 0 Å². The molecule has 6 heteroatoms. The fourth-order valence-corrected chi connectivity index (χ4v) is 1.62. The van der Waals surface area contributed by atoms with Crippen molar-refractivity contribution < 1.29 is 14.3 Å². The number of hydrogen-bond acceptors (Lipinski definition) is 4. The summed E-state index contributed by atoms with van der Waals surface area (Å²) in [6.45, 7) is 3.97. The molecule has 1 fully saturated rings. The number of carbonyl (C=O) groups excluding carboxylic acids is 2. The number of hydrogen-bond donors (Lipinski definition) is 1. The Bertz CT molecular complexity index is 268. The highest BCUT2D eigenvalue weighted by atomic mass is 16.5. The number of nitrogens with two attached hydrogens (primary N) is 1. The van der Waals surface area contributed by atoms with Crippen LogP contribution in [0.2, 0.25) is 0 Å². The van der Waals surface area contributed by atoms with Crippen LogP contribution in [0.3, 0.4) is 0 Å². The summed E-state index contributed by atoms with van der Waals surface area (Å²) in [5.41, 5.74) is 5.49. The number of amides is 2. The average molecular weight is 229 g/mol. The van der Waals surface area contributed by atoms with E-state index in [1.54, 1.807) is 18.9 Å². The van der Waals surface area contributed by atoms with E-state index in [9.17, 15) is 9.59 Å². The Morgan fingerprint density at radius 1 is 1.56 bits per heavy atom. The second-order valence-corrected chi connectivity index (χ2v) is 3.92. The summed E-state index contributed by atoms with van der Waals surface area (Å²) in [5.74, 6) is -0.211. The van der Waals surface area contributed by atoms with Crippen LogP contribution in [0, 0.1) is 0 Å². The summed E-state index contributed by atoms with van der Waals surface area (Å²) in [4.78, 5) is 26.5. The molecule has 0 aromatic rings. The van der Waals surface area contributed by atoms with Gasteiger partial charge in [-0.15, -0.1) is 0 Å². The molecule has 16 heavy (non-hydrogen) atoms. The Labute approximate surface area is 95.3 Å². The van der Waals surface area contributed by atoms with Gasteiger partial charge in [0, 0.05) is 26.7 Å². The standard InChI is InChI=1S/C10H19N3O3/c1-8(11)10(15)13-4-3-12(5-6-16-2)9(14)7-13/h8H,3-7,11H2,1-2H3. The molecule has 1 atom stereocenters. The van der Waals surface area contributed by atoms with Gasteiger partial charge in [0.15, 0.2) is 0 Å². The van der Waals surface area contributed by atoms with Crippen LogP contribution < -0.4 is 5.73 Å². The van der Waals surface area contributed by atoms with E-state index in [0.29, 0.717) is 26.2 Å². The minimum atomic E-state index is -0.543. The molecule has 0 radical (unpaired) electrons. The van der Waals surface area contributed by atoms with E-state index in [1.807, 2.05) is 0 Å². The van der Waals surface area contributed by atoms with E-state index in [0.717, 1.165) is 0 Å². The number of rotatable bonds is 4. The van der Waals surface area contributed by atoms with Gasteiger partial charge in [-0.25, -0.2) is 0 Å². The topological polar surface area (TPSA) is 75.9 Å². The van der Waals surface area contributed by atoms with E-state index in [-0.39, 0.29) is 18.4 Å². The number of nitrogens with zero attached hydrogens (tertiary/aromatic N) is 2. The molecule has 1 saturated heterocycles. The first-order valence-electron chi connectivity index (χ1n) is 5.37. The van der Waals surface area contributed by atoms with Gasteiger partial charge in [0.2, 0.25) is 11.8 Å². The van der Waals surface area contributed by atoms with Gasteiger partial charge in [-0.2, -0.15) is 0 Å². The largest absolute Gasteiger partial charge is 0.383 e. The SMILES string of the molecule is COCCN1CCN(C(=O)C(C)N)CC1=O. The van der Waals surface area contributed by atoms with Gasteiger partial charge in [-0.3, -0.25) is 9.59 Å². The summed E-state index contributed by atoms with van der Waals surface area (Å²) in [5, 5.41) is 0. The highest BCUT2D eigenvalue weighted by Gasteiger charge is 2.27. The molecule has 1 heterocycles. The van der Waals surface area contributed by atoms with Gasteiger partial charge in [0.25, 0.3) is 0 Å².